The number of methoxy groups -OCH3 is 2. The summed E-state index contributed by atoms with van der Waals surface area (Å²) >= 11 is 14.2. The van der Waals surface area contributed by atoms with E-state index in [1.165, 1.54) is 7.11 Å². The summed E-state index contributed by atoms with van der Waals surface area (Å²) in [6.45, 7) is 4.55. The Kier molecular flexibility index (Phi) is 10.3. The van der Waals surface area contributed by atoms with Crippen molar-refractivity contribution in [3.63, 3.8) is 0 Å². The lowest BCUT2D eigenvalue weighted by Gasteiger charge is -2.37. The highest BCUT2D eigenvalue weighted by Crippen LogP contribution is 2.42. The second-order valence-corrected chi connectivity index (χ2v) is 13.9. The molecule has 0 radical (unpaired) electrons. The average Bonchev–Trinajstić information content (AvgIpc) is 3.55. The Bertz CT molecular complexity index is 2250. The first-order chi connectivity index (χ1) is 25.1. The highest BCUT2D eigenvalue weighted by molar-refractivity contribution is 6.39. The van der Waals surface area contributed by atoms with Crippen molar-refractivity contribution >= 4 is 40.7 Å². The summed E-state index contributed by atoms with van der Waals surface area (Å²) in [6, 6.07) is 19.2. The minimum absolute atomic E-state index is 0.0906. The molecule has 7 rings (SSSR count). The maximum absolute atomic E-state index is 13.5. The molecule has 0 bridgehead atoms. The molecule has 0 aliphatic carbocycles. The normalized spacial score (nSPS) is 16.2. The Balaban J connectivity index is 1.13. The van der Waals surface area contributed by atoms with Crippen molar-refractivity contribution in [3.05, 3.63) is 104 Å². The van der Waals surface area contributed by atoms with Crippen molar-refractivity contribution in [1.29, 1.82) is 0 Å². The van der Waals surface area contributed by atoms with Crippen LogP contribution in [-0.2, 0) is 27.4 Å². The van der Waals surface area contributed by atoms with Gasteiger partial charge in [-0.3, -0.25) is 23.7 Å². The zero-order valence-corrected chi connectivity index (χ0v) is 30.6. The van der Waals surface area contributed by atoms with Crippen LogP contribution in [0.5, 0.6) is 5.88 Å². The fourth-order valence-corrected chi connectivity index (χ4v) is 7.58. The van der Waals surface area contributed by atoms with Crippen molar-refractivity contribution in [2.45, 2.75) is 38.9 Å². The summed E-state index contributed by atoms with van der Waals surface area (Å²) in [4.78, 5) is 48.5. The van der Waals surface area contributed by atoms with E-state index in [9.17, 15) is 14.4 Å². The van der Waals surface area contributed by atoms with Gasteiger partial charge >= 0.3 is 5.97 Å². The zero-order chi connectivity index (χ0) is 36.5. The van der Waals surface area contributed by atoms with E-state index in [4.69, 9.17) is 42.6 Å². The van der Waals surface area contributed by atoms with Gasteiger partial charge in [-0.1, -0.05) is 65.7 Å². The number of esters is 1. The number of aryl methyl sites for hydroxylation is 1. The molecule has 3 aromatic heterocycles. The number of nitrogens with zero attached hydrogens (tertiary/aromatic N) is 4. The molecule has 2 saturated heterocycles. The Labute approximate surface area is 310 Å². The maximum Gasteiger partial charge on any atom is 0.311 e. The predicted molar refractivity (Wildman–Crippen MR) is 201 cm³/mol. The number of hydrogen-bond acceptors (Lipinski definition) is 9. The van der Waals surface area contributed by atoms with Gasteiger partial charge in [0.2, 0.25) is 11.8 Å². The second kappa shape index (κ2) is 15.0. The fourth-order valence-electron chi connectivity index (χ4n) is 6.92. The molecule has 2 fully saturated rings. The van der Waals surface area contributed by atoms with Crippen molar-refractivity contribution in [3.8, 4) is 39.4 Å². The highest BCUT2D eigenvalue weighted by atomic mass is 35.5. The SMILES string of the molecule is COC(=O)C1CN(Cc2c(C)nc3cc(-c4cccc(-c5cccc(-c6ccc(CNC[C@H]7CCC(=O)N7)c(OC)n6)c5Cl)c4Cl)ccn3c2=O)C1. The molecule has 52 heavy (non-hydrogen) atoms. The van der Waals surface area contributed by atoms with Gasteiger partial charge < -0.3 is 20.1 Å². The third kappa shape index (κ3) is 7.01. The van der Waals surface area contributed by atoms with Gasteiger partial charge in [-0.15, -0.1) is 0 Å². The van der Waals surface area contributed by atoms with Gasteiger partial charge in [-0.05, 0) is 37.1 Å². The number of ether oxygens (including phenoxy) is 2. The van der Waals surface area contributed by atoms with Crippen LogP contribution in [-0.4, -0.2) is 71.0 Å². The molecule has 268 valence electrons. The number of amides is 1. The highest BCUT2D eigenvalue weighted by Gasteiger charge is 2.34. The minimum atomic E-state index is -0.229. The van der Waals surface area contributed by atoms with Gasteiger partial charge in [-0.2, -0.15) is 0 Å². The Hall–Kier alpha value is -4.81. The Morgan fingerprint density at radius 3 is 2.37 bits per heavy atom. The maximum atomic E-state index is 13.5. The number of carbonyl (C=O) groups excluding carboxylic acids is 2. The van der Waals surface area contributed by atoms with Gasteiger partial charge in [0.25, 0.3) is 5.56 Å². The van der Waals surface area contributed by atoms with Crippen molar-refractivity contribution < 1.29 is 19.1 Å². The topological polar surface area (TPSA) is 127 Å². The average molecular weight is 742 g/mol. The van der Waals surface area contributed by atoms with Crippen LogP contribution in [0.1, 0.15) is 29.7 Å². The van der Waals surface area contributed by atoms with E-state index in [1.807, 2.05) is 72.5 Å². The van der Waals surface area contributed by atoms with Crippen molar-refractivity contribution in [1.82, 2.24) is 29.9 Å². The lowest BCUT2D eigenvalue weighted by Crippen LogP contribution is -2.50. The smallest absolute Gasteiger partial charge is 0.311 e. The molecule has 2 N–H and O–H groups in total. The molecule has 13 heteroatoms. The third-order valence-corrected chi connectivity index (χ3v) is 10.6. The van der Waals surface area contributed by atoms with Crippen molar-refractivity contribution in [2.75, 3.05) is 33.9 Å². The number of nitrogens with one attached hydrogen (secondary N) is 2. The molecule has 0 spiro atoms. The summed E-state index contributed by atoms with van der Waals surface area (Å²) in [7, 11) is 2.98. The van der Waals surface area contributed by atoms with E-state index in [2.05, 4.69) is 10.6 Å². The lowest BCUT2D eigenvalue weighted by atomic mass is 9.97. The lowest BCUT2D eigenvalue weighted by molar-refractivity contribution is -0.151. The molecule has 5 heterocycles. The first-order valence-corrected chi connectivity index (χ1v) is 17.8. The summed E-state index contributed by atoms with van der Waals surface area (Å²) in [6.07, 6.45) is 3.11. The Morgan fingerprint density at radius 1 is 0.962 bits per heavy atom. The van der Waals surface area contributed by atoms with Crippen LogP contribution in [0.3, 0.4) is 0 Å². The number of likely N-dealkylation sites (tertiary alicyclic amines) is 1. The van der Waals surface area contributed by atoms with Gasteiger partial charge in [0.05, 0.1) is 41.4 Å². The number of halogens is 2. The zero-order valence-electron chi connectivity index (χ0n) is 29.0. The second-order valence-electron chi connectivity index (χ2n) is 13.2. The molecule has 2 aromatic carbocycles. The van der Waals surface area contributed by atoms with Crippen LogP contribution in [0, 0.1) is 12.8 Å². The summed E-state index contributed by atoms with van der Waals surface area (Å²) in [5.74, 6) is 0.183. The fraction of sp³-hybridized carbons (Fsp3) is 0.308. The molecule has 0 saturated carbocycles. The van der Waals surface area contributed by atoms with Crippen LogP contribution in [0.25, 0.3) is 39.2 Å². The third-order valence-electron chi connectivity index (χ3n) is 9.80. The number of benzene rings is 2. The van der Waals surface area contributed by atoms with E-state index in [1.54, 1.807) is 17.7 Å². The van der Waals surface area contributed by atoms with Gasteiger partial charge in [0.15, 0.2) is 0 Å². The molecule has 0 unspecified atom stereocenters. The first kappa shape index (κ1) is 35.6. The van der Waals surface area contributed by atoms with Crippen LogP contribution < -0.4 is 20.9 Å². The Morgan fingerprint density at radius 2 is 1.67 bits per heavy atom. The monoisotopic (exact) mass is 740 g/mol. The number of hydrogen-bond donors (Lipinski definition) is 2. The van der Waals surface area contributed by atoms with E-state index in [0.717, 1.165) is 39.8 Å². The van der Waals surface area contributed by atoms with E-state index >= 15 is 0 Å². The van der Waals surface area contributed by atoms with E-state index in [0.29, 0.717) is 77.7 Å². The molecule has 1 atom stereocenters. The molecule has 2 aliphatic rings. The summed E-state index contributed by atoms with van der Waals surface area (Å²) in [5.41, 5.74) is 6.92. The quantitative estimate of drug-likeness (QED) is 0.164. The number of aromatic nitrogens is 3. The van der Waals surface area contributed by atoms with Gasteiger partial charge in [-0.25, -0.2) is 9.97 Å². The van der Waals surface area contributed by atoms with Crippen molar-refractivity contribution in [2.24, 2.45) is 5.92 Å². The number of pyridine rings is 2. The van der Waals surface area contributed by atoms with Crippen LogP contribution in [0.2, 0.25) is 10.0 Å². The molecular weight excluding hydrogens is 703 g/mol. The van der Waals surface area contributed by atoms with Crippen LogP contribution in [0.15, 0.2) is 71.7 Å². The van der Waals surface area contributed by atoms with Crippen LogP contribution in [0.4, 0.5) is 0 Å². The number of fused-ring (bicyclic) bond motifs is 1. The van der Waals surface area contributed by atoms with Crippen LogP contribution >= 0.6 is 23.2 Å². The molecule has 1 amide bonds. The standard InChI is InChI=1S/C39H38Cl2N6O5/c1-22-31(21-46-19-25(20-46)39(50)52-3)38(49)47-15-14-23(16-33(47)43-22)27-6-4-7-28(35(27)40)29-8-5-9-30(36(29)41)32-12-10-24(37(45-32)51-2)17-42-18-26-11-13-34(48)44-26/h4-10,12,14-16,25-26,42H,11,13,17-21H2,1-3H3,(H,44,48)/t26-/m1/s1. The molecular formula is C39H38Cl2N6O5. The largest absolute Gasteiger partial charge is 0.481 e. The summed E-state index contributed by atoms with van der Waals surface area (Å²) in [5, 5.41) is 7.36. The molecule has 2 aliphatic heterocycles. The van der Waals surface area contributed by atoms with E-state index < -0.39 is 0 Å². The first-order valence-electron chi connectivity index (χ1n) is 17.1. The minimum Gasteiger partial charge on any atom is -0.481 e. The number of rotatable bonds is 11. The summed E-state index contributed by atoms with van der Waals surface area (Å²) < 4.78 is 12.0. The van der Waals surface area contributed by atoms with Gasteiger partial charge in [0, 0.05) is 84.9 Å². The molecule has 5 aromatic rings. The van der Waals surface area contributed by atoms with E-state index in [-0.39, 0.29) is 29.4 Å². The number of carbonyl (C=O) groups is 2. The van der Waals surface area contributed by atoms with Gasteiger partial charge in [0.1, 0.15) is 5.65 Å². The predicted octanol–water partition coefficient (Wildman–Crippen LogP) is 5.69. The molecule has 11 nitrogen and oxygen atoms in total.